The van der Waals surface area contributed by atoms with Gasteiger partial charge in [-0.25, -0.2) is 33.0 Å². The number of aliphatic hydroxyl groups excluding tert-OH is 1. The van der Waals surface area contributed by atoms with Crippen molar-refractivity contribution >= 4 is 40.4 Å². The van der Waals surface area contributed by atoms with Crippen LogP contribution in [0.15, 0.2) is 12.7 Å². The third-order valence-electron chi connectivity index (χ3n) is 4.65. The number of aromatic nitrogens is 4. The fraction of sp³-hybridized carbons (Fsp3) is 0.583. The minimum atomic E-state index is -5.84. The van der Waals surface area contributed by atoms with Gasteiger partial charge in [0.05, 0.1) is 12.9 Å². The van der Waals surface area contributed by atoms with E-state index < -0.39 is 60.3 Å². The maximum Gasteiger partial charge on any atom is 0.490 e. The van der Waals surface area contributed by atoms with Crippen molar-refractivity contribution in [3.63, 3.8) is 0 Å². The van der Waals surface area contributed by atoms with E-state index in [1.165, 1.54) is 0 Å². The number of halogens is 1. The van der Waals surface area contributed by atoms with Crippen LogP contribution in [0, 0.1) is 0 Å². The summed E-state index contributed by atoms with van der Waals surface area (Å²) in [6.45, 7) is -1.94. The molecule has 1 aliphatic rings. The number of hydrogen-bond acceptors (Lipinski definition) is 13. The van der Waals surface area contributed by atoms with E-state index in [0.29, 0.717) is 0 Å². The highest BCUT2D eigenvalue weighted by Gasteiger charge is 2.63. The minimum Gasteiger partial charge on any atom is -0.387 e. The fourth-order valence-electron chi connectivity index (χ4n) is 3.20. The maximum atomic E-state index is 14.1. The monoisotopic (exact) mass is 553 g/mol. The van der Waals surface area contributed by atoms with Crippen molar-refractivity contribution in [2.24, 2.45) is 0 Å². The summed E-state index contributed by atoms with van der Waals surface area (Å²) in [4.78, 5) is 47.6. The number of hydrogen-bond donors (Lipinski definition) is 7. The van der Waals surface area contributed by atoms with Crippen LogP contribution in [0.25, 0.3) is 11.2 Å². The Balaban J connectivity index is 1.86. The Kier molecular flexibility index (Phi) is 7.11. The van der Waals surface area contributed by atoms with E-state index in [0.717, 1.165) is 24.1 Å². The van der Waals surface area contributed by atoms with Crippen molar-refractivity contribution in [3.8, 4) is 0 Å². The molecule has 34 heavy (non-hydrogen) atoms. The third-order valence-corrected chi connectivity index (χ3v) is 8.43. The van der Waals surface area contributed by atoms with Crippen LogP contribution >= 0.6 is 23.5 Å². The van der Waals surface area contributed by atoms with Crippen LogP contribution in [0.4, 0.5) is 10.2 Å². The summed E-state index contributed by atoms with van der Waals surface area (Å²) in [5, 5.41) is 21.5. The summed E-state index contributed by atoms with van der Waals surface area (Å²) < 4.78 is 66.3. The SMILES string of the molecule is CC1(O)C(n2cnc3c(N)ncnc32)OC(CF)(COP(=O)(O)OP(=O)(O)OP(=O)(O)O)C1O. The largest absolute Gasteiger partial charge is 0.490 e. The number of rotatable bonds is 9. The van der Waals surface area contributed by atoms with Crippen molar-refractivity contribution in [1.29, 1.82) is 0 Å². The number of nitrogens with zero attached hydrogens (tertiary/aromatic N) is 4. The molecule has 1 saturated heterocycles. The molecule has 0 radical (unpaired) electrons. The second-order valence-corrected chi connectivity index (χ2v) is 11.7. The summed E-state index contributed by atoms with van der Waals surface area (Å²) in [6, 6.07) is 0. The van der Waals surface area contributed by atoms with Crippen molar-refractivity contribution in [3.05, 3.63) is 12.7 Å². The molecule has 192 valence electrons. The average Bonchev–Trinajstić information content (AvgIpc) is 3.17. The quantitative estimate of drug-likeness (QED) is 0.185. The third kappa shape index (κ3) is 5.37. The molecule has 2 aromatic rings. The van der Waals surface area contributed by atoms with Gasteiger partial charge in [0.25, 0.3) is 0 Å². The van der Waals surface area contributed by atoms with Crippen LogP contribution in [0.3, 0.4) is 0 Å². The van der Waals surface area contributed by atoms with Crippen molar-refractivity contribution in [2.45, 2.75) is 30.5 Å². The first kappa shape index (κ1) is 27.2. The molecule has 22 heteroatoms. The molecule has 18 nitrogen and oxygen atoms in total. The number of nitrogen functional groups attached to an aromatic ring is 1. The van der Waals surface area contributed by atoms with E-state index in [4.69, 9.17) is 20.3 Å². The van der Waals surface area contributed by atoms with Gasteiger partial charge in [-0.1, -0.05) is 0 Å². The molecule has 3 rings (SSSR count). The van der Waals surface area contributed by atoms with E-state index in [-0.39, 0.29) is 17.0 Å². The maximum absolute atomic E-state index is 14.1. The molecule has 3 heterocycles. The average molecular weight is 553 g/mol. The number of fused-ring (bicyclic) bond motifs is 1. The van der Waals surface area contributed by atoms with Crippen molar-refractivity contribution in [2.75, 3.05) is 19.0 Å². The Morgan fingerprint density at radius 3 is 2.41 bits per heavy atom. The Labute approximate surface area is 188 Å². The predicted molar refractivity (Wildman–Crippen MR) is 105 cm³/mol. The zero-order chi connectivity index (χ0) is 25.7. The zero-order valence-electron chi connectivity index (χ0n) is 16.9. The van der Waals surface area contributed by atoms with E-state index in [1.54, 1.807) is 0 Å². The van der Waals surface area contributed by atoms with Crippen LogP contribution in [0.1, 0.15) is 13.2 Å². The summed E-state index contributed by atoms with van der Waals surface area (Å²) in [5.74, 6) is -0.0358. The minimum absolute atomic E-state index is 0.0209. The van der Waals surface area contributed by atoms with Crippen LogP contribution < -0.4 is 5.73 Å². The lowest BCUT2D eigenvalue weighted by atomic mass is 9.88. The molecule has 0 aliphatic carbocycles. The smallest absolute Gasteiger partial charge is 0.387 e. The molecule has 6 atom stereocenters. The van der Waals surface area contributed by atoms with E-state index in [9.17, 15) is 38.1 Å². The number of ether oxygens (including phenoxy) is 1. The Hall–Kier alpha value is -1.43. The second kappa shape index (κ2) is 8.90. The number of alkyl halides is 1. The molecule has 0 bridgehead atoms. The normalized spacial score (nSPS) is 31.4. The van der Waals surface area contributed by atoms with Gasteiger partial charge in [-0.3, -0.25) is 9.09 Å². The molecule has 0 saturated carbocycles. The van der Waals surface area contributed by atoms with Gasteiger partial charge in [-0.05, 0) is 6.92 Å². The van der Waals surface area contributed by atoms with Gasteiger partial charge in [0.2, 0.25) is 0 Å². The molecule has 8 N–H and O–H groups in total. The highest BCUT2D eigenvalue weighted by Crippen LogP contribution is 2.66. The first-order chi connectivity index (χ1) is 15.4. The first-order valence-electron chi connectivity index (χ1n) is 8.79. The number of phosphoric ester groups is 1. The molecule has 1 fully saturated rings. The summed E-state index contributed by atoms with van der Waals surface area (Å²) in [7, 11) is -17.1. The molecule has 0 spiro atoms. The lowest BCUT2D eigenvalue weighted by Gasteiger charge is -2.31. The van der Waals surface area contributed by atoms with Gasteiger partial charge in [0.1, 0.15) is 30.2 Å². The zero-order valence-corrected chi connectivity index (χ0v) is 19.5. The Bertz CT molecular complexity index is 1220. The molecule has 0 aromatic carbocycles. The number of phosphoric acid groups is 3. The van der Waals surface area contributed by atoms with Gasteiger partial charge < -0.3 is 40.3 Å². The van der Waals surface area contributed by atoms with Crippen molar-refractivity contribution < 1.29 is 65.8 Å². The Morgan fingerprint density at radius 2 is 1.82 bits per heavy atom. The van der Waals surface area contributed by atoms with Gasteiger partial charge in [0, 0.05) is 0 Å². The van der Waals surface area contributed by atoms with Gasteiger partial charge in [-0.2, -0.15) is 8.62 Å². The summed E-state index contributed by atoms with van der Waals surface area (Å²) in [5.41, 5.74) is 0.959. The van der Waals surface area contributed by atoms with E-state index >= 15 is 0 Å². The van der Waals surface area contributed by atoms with Gasteiger partial charge >= 0.3 is 23.5 Å². The van der Waals surface area contributed by atoms with Crippen LogP contribution in [-0.2, 0) is 31.6 Å². The standard InChI is InChI=1S/C12H19FN5O13P3/c1-11(20)9(19)12(2-13,3-28-33(24,25)31-34(26,27)30-32(21,22)23)29-10(11)18-5-17-6-7(14)15-4-16-8(6)18/h4-5,9-10,19-20H,2-3H2,1H3,(H,24,25)(H,26,27)(H2,14,15,16)(H2,21,22,23). The highest BCUT2D eigenvalue weighted by molar-refractivity contribution is 7.66. The summed E-state index contributed by atoms with van der Waals surface area (Å²) >= 11 is 0. The molecular formula is C12H19FN5O13P3. The first-order valence-corrected chi connectivity index (χ1v) is 13.3. The topological polar surface area (TPSA) is 279 Å². The predicted octanol–water partition coefficient (Wildman–Crippen LogP) is -0.899. The second-order valence-electron chi connectivity index (χ2n) is 7.24. The molecular weight excluding hydrogens is 534 g/mol. The van der Waals surface area contributed by atoms with Crippen LogP contribution in [0.5, 0.6) is 0 Å². The fourth-order valence-corrected chi connectivity index (χ4v) is 6.28. The molecule has 1 aliphatic heterocycles. The van der Waals surface area contributed by atoms with Crippen molar-refractivity contribution in [1.82, 2.24) is 19.5 Å². The van der Waals surface area contributed by atoms with Gasteiger partial charge in [0.15, 0.2) is 23.3 Å². The number of aliphatic hydroxyl groups is 2. The lowest BCUT2D eigenvalue weighted by molar-refractivity contribution is -0.135. The van der Waals surface area contributed by atoms with E-state index in [1.807, 2.05) is 0 Å². The number of nitrogens with two attached hydrogens (primary N) is 1. The summed E-state index contributed by atoms with van der Waals surface area (Å²) in [6.07, 6.45) is -1.59. The van der Waals surface area contributed by atoms with E-state index in [2.05, 4.69) is 28.1 Å². The number of imidazole rings is 1. The number of anilines is 1. The molecule has 6 unspecified atom stereocenters. The Morgan fingerprint density at radius 1 is 1.18 bits per heavy atom. The lowest BCUT2D eigenvalue weighted by Crippen LogP contribution is -2.53. The molecule has 2 aromatic heterocycles. The van der Waals surface area contributed by atoms with Gasteiger partial charge in [-0.15, -0.1) is 0 Å². The highest BCUT2D eigenvalue weighted by atomic mass is 31.3. The molecule has 0 amide bonds. The van der Waals surface area contributed by atoms with Crippen LogP contribution in [-0.4, -0.2) is 79.9 Å². The van der Waals surface area contributed by atoms with Crippen LogP contribution in [0.2, 0.25) is 0 Å².